The lowest BCUT2D eigenvalue weighted by molar-refractivity contribution is 0.133. The highest BCUT2D eigenvalue weighted by molar-refractivity contribution is 5.19. The summed E-state index contributed by atoms with van der Waals surface area (Å²) >= 11 is 0. The summed E-state index contributed by atoms with van der Waals surface area (Å²) < 4.78 is 13.5. The molecule has 1 aromatic rings. The summed E-state index contributed by atoms with van der Waals surface area (Å²) in [5.41, 5.74) is 0.421. The van der Waals surface area contributed by atoms with Crippen molar-refractivity contribution in [3.63, 3.8) is 0 Å². The maximum Gasteiger partial charge on any atom is 0.128 e. The van der Waals surface area contributed by atoms with Crippen molar-refractivity contribution in [3.8, 4) is 0 Å². The molecule has 3 heteroatoms. The van der Waals surface area contributed by atoms with Gasteiger partial charge in [-0.15, -0.1) is 0 Å². The van der Waals surface area contributed by atoms with Crippen LogP contribution in [0.1, 0.15) is 44.3 Å². The molecule has 1 heterocycles. The largest absolute Gasteiger partial charge is 0.388 e. The van der Waals surface area contributed by atoms with Crippen LogP contribution in [0.3, 0.4) is 0 Å². The van der Waals surface area contributed by atoms with E-state index in [2.05, 4.69) is 11.8 Å². The number of rotatable bonds is 5. The van der Waals surface area contributed by atoms with Crippen molar-refractivity contribution in [2.75, 3.05) is 13.1 Å². The third-order valence-electron chi connectivity index (χ3n) is 3.92. The number of halogens is 1. The van der Waals surface area contributed by atoms with Crippen molar-refractivity contribution in [2.24, 2.45) is 0 Å². The molecule has 0 aliphatic carbocycles. The maximum absolute atomic E-state index is 13.5. The van der Waals surface area contributed by atoms with Crippen LogP contribution in [0.5, 0.6) is 0 Å². The molecule has 1 saturated heterocycles. The molecule has 1 N–H and O–H groups in total. The van der Waals surface area contributed by atoms with Crippen molar-refractivity contribution in [1.82, 2.24) is 4.90 Å². The molecule has 18 heavy (non-hydrogen) atoms. The topological polar surface area (TPSA) is 23.5 Å². The van der Waals surface area contributed by atoms with Gasteiger partial charge >= 0.3 is 0 Å². The second-order valence-electron chi connectivity index (χ2n) is 5.07. The van der Waals surface area contributed by atoms with Gasteiger partial charge in [0.25, 0.3) is 0 Å². The number of hydrogen-bond donors (Lipinski definition) is 1. The SMILES string of the molecule is CCC1CCCN1CCC(O)c1ccccc1F. The molecule has 2 nitrogen and oxygen atoms in total. The highest BCUT2D eigenvalue weighted by atomic mass is 19.1. The van der Waals surface area contributed by atoms with Crippen LogP contribution in [-0.2, 0) is 0 Å². The zero-order valence-corrected chi connectivity index (χ0v) is 11.0. The van der Waals surface area contributed by atoms with E-state index in [0.29, 0.717) is 18.0 Å². The standard InChI is InChI=1S/C15H22FNO/c1-2-12-6-5-10-17(12)11-9-15(18)13-7-3-4-8-14(13)16/h3-4,7-8,12,15,18H,2,5-6,9-11H2,1H3. The molecule has 1 aliphatic heterocycles. The fraction of sp³-hybridized carbons (Fsp3) is 0.600. The second kappa shape index (κ2) is 6.30. The van der Waals surface area contributed by atoms with Gasteiger partial charge in [0.1, 0.15) is 5.82 Å². The van der Waals surface area contributed by atoms with Crippen molar-refractivity contribution < 1.29 is 9.50 Å². The third kappa shape index (κ3) is 3.09. The Morgan fingerprint density at radius 2 is 2.22 bits per heavy atom. The van der Waals surface area contributed by atoms with Crippen LogP contribution in [-0.4, -0.2) is 29.1 Å². The molecule has 2 atom stereocenters. The van der Waals surface area contributed by atoms with E-state index in [9.17, 15) is 9.50 Å². The second-order valence-corrected chi connectivity index (χ2v) is 5.07. The number of benzene rings is 1. The van der Waals surface area contributed by atoms with Gasteiger partial charge in [-0.25, -0.2) is 4.39 Å². The summed E-state index contributed by atoms with van der Waals surface area (Å²) in [6, 6.07) is 7.15. The molecular formula is C15H22FNO. The minimum absolute atomic E-state index is 0.307. The molecule has 0 radical (unpaired) electrons. The minimum atomic E-state index is -0.690. The fourth-order valence-corrected chi connectivity index (χ4v) is 2.84. The Bertz CT molecular complexity index is 383. The van der Waals surface area contributed by atoms with E-state index in [-0.39, 0.29) is 5.82 Å². The van der Waals surface area contributed by atoms with Crippen LogP contribution in [0, 0.1) is 5.82 Å². The Hall–Kier alpha value is -0.930. The van der Waals surface area contributed by atoms with Gasteiger partial charge in [0, 0.05) is 18.2 Å². The van der Waals surface area contributed by atoms with Gasteiger partial charge in [-0.1, -0.05) is 25.1 Å². The van der Waals surface area contributed by atoms with E-state index in [0.717, 1.165) is 19.5 Å². The lowest BCUT2D eigenvalue weighted by Gasteiger charge is -2.24. The molecule has 0 bridgehead atoms. The van der Waals surface area contributed by atoms with E-state index in [1.165, 1.54) is 18.9 Å². The van der Waals surface area contributed by atoms with Crippen LogP contribution in [0.25, 0.3) is 0 Å². The summed E-state index contributed by atoms with van der Waals surface area (Å²) in [6.07, 6.45) is 3.58. The number of aliphatic hydroxyl groups is 1. The summed E-state index contributed by atoms with van der Waals surface area (Å²) in [7, 11) is 0. The molecule has 2 rings (SSSR count). The van der Waals surface area contributed by atoms with Crippen LogP contribution in [0.4, 0.5) is 4.39 Å². The van der Waals surface area contributed by atoms with Gasteiger partial charge in [0.2, 0.25) is 0 Å². The Labute approximate surface area is 108 Å². The average Bonchev–Trinajstić information content (AvgIpc) is 2.84. The Kier molecular flexibility index (Phi) is 4.72. The summed E-state index contributed by atoms with van der Waals surface area (Å²) in [5.74, 6) is -0.307. The van der Waals surface area contributed by atoms with Crippen LogP contribution >= 0.6 is 0 Å². The quantitative estimate of drug-likeness (QED) is 0.869. The van der Waals surface area contributed by atoms with Crippen molar-refractivity contribution in [2.45, 2.75) is 44.8 Å². The average molecular weight is 251 g/mol. The molecule has 0 spiro atoms. The molecule has 100 valence electrons. The zero-order chi connectivity index (χ0) is 13.0. The number of nitrogens with zero attached hydrogens (tertiary/aromatic N) is 1. The van der Waals surface area contributed by atoms with Gasteiger partial charge in [0.15, 0.2) is 0 Å². The number of hydrogen-bond acceptors (Lipinski definition) is 2. The monoisotopic (exact) mass is 251 g/mol. The first-order chi connectivity index (χ1) is 8.72. The predicted octanol–water partition coefficient (Wildman–Crippen LogP) is 3.12. The normalized spacial score (nSPS) is 22.3. The van der Waals surface area contributed by atoms with E-state index >= 15 is 0 Å². The van der Waals surface area contributed by atoms with Crippen LogP contribution in [0.2, 0.25) is 0 Å². The maximum atomic E-state index is 13.5. The summed E-state index contributed by atoms with van der Waals surface area (Å²) in [4.78, 5) is 2.42. The van der Waals surface area contributed by atoms with Crippen molar-refractivity contribution in [3.05, 3.63) is 35.6 Å². The lowest BCUT2D eigenvalue weighted by Crippen LogP contribution is -2.30. The highest BCUT2D eigenvalue weighted by Crippen LogP contribution is 2.24. The molecular weight excluding hydrogens is 229 g/mol. The van der Waals surface area contributed by atoms with E-state index in [4.69, 9.17) is 0 Å². The zero-order valence-electron chi connectivity index (χ0n) is 11.0. The molecule has 0 aromatic heterocycles. The van der Waals surface area contributed by atoms with Crippen molar-refractivity contribution in [1.29, 1.82) is 0 Å². The Balaban J connectivity index is 1.88. The van der Waals surface area contributed by atoms with Gasteiger partial charge in [0.05, 0.1) is 6.10 Å². The first-order valence-electron chi connectivity index (χ1n) is 6.89. The van der Waals surface area contributed by atoms with E-state index in [1.54, 1.807) is 18.2 Å². The van der Waals surface area contributed by atoms with Crippen molar-refractivity contribution >= 4 is 0 Å². The minimum Gasteiger partial charge on any atom is -0.388 e. The highest BCUT2D eigenvalue weighted by Gasteiger charge is 2.23. The molecule has 0 amide bonds. The third-order valence-corrected chi connectivity index (χ3v) is 3.92. The van der Waals surface area contributed by atoms with E-state index in [1.807, 2.05) is 0 Å². The fourth-order valence-electron chi connectivity index (χ4n) is 2.84. The summed E-state index contributed by atoms with van der Waals surface area (Å²) in [5, 5.41) is 10.1. The molecule has 0 saturated carbocycles. The molecule has 1 aromatic carbocycles. The van der Waals surface area contributed by atoms with E-state index < -0.39 is 6.10 Å². The Morgan fingerprint density at radius 1 is 1.44 bits per heavy atom. The summed E-state index contributed by atoms with van der Waals surface area (Å²) in [6.45, 7) is 4.17. The number of likely N-dealkylation sites (tertiary alicyclic amines) is 1. The molecule has 2 unspecified atom stereocenters. The smallest absolute Gasteiger partial charge is 0.128 e. The van der Waals surface area contributed by atoms with Gasteiger partial charge in [-0.2, -0.15) is 0 Å². The predicted molar refractivity (Wildman–Crippen MR) is 70.9 cm³/mol. The van der Waals surface area contributed by atoms with Gasteiger partial charge < -0.3 is 10.0 Å². The first kappa shape index (κ1) is 13.5. The first-order valence-corrected chi connectivity index (χ1v) is 6.89. The number of aliphatic hydroxyl groups excluding tert-OH is 1. The van der Waals surface area contributed by atoms with Crippen LogP contribution in [0.15, 0.2) is 24.3 Å². The Morgan fingerprint density at radius 3 is 2.94 bits per heavy atom. The van der Waals surface area contributed by atoms with Gasteiger partial charge in [-0.3, -0.25) is 0 Å². The molecule has 1 fully saturated rings. The van der Waals surface area contributed by atoms with Crippen LogP contribution < -0.4 is 0 Å². The lowest BCUT2D eigenvalue weighted by atomic mass is 10.1. The van der Waals surface area contributed by atoms with Gasteiger partial charge in [-0.05, 0) is 38.3 Å². The molecule has 1 aliphatic rings.